The Kier molecular flexibility index (Phi) is 42.7. The first-order chi connectivity index (χ1) is 53.7. The lowest BCUT2D eigenvalue weighted by Gasteiger charge is -2.27. The van der Waals surface area contributed by atoms with E-state index in [1.54, 1.807) is 0 Å². The maximum atomic E-state index is 14.6. The van der Waals surface area contributed by atoms with Crippen molar-refractivity contribution in [3.63, 3.8) is 0 Å². The van der Waals surface area contributed by atoms with Crippen molar-refractivity contribution in [3.8, 4) is 0 Å². The number of nitrogens with zero attached hydrogens (tertiary/aromatic N) is 3. The lowest BCUT2D eigenvalue weighted by molar-refractivity contribution is -0.142. The molecule has 2 heterocycles. The molecule has 31 N–H and O–H groups in total. The Balaban J connectivity index is 2.03. The summed E-state index contributed by atoms with van der Waals surface area (Å²) in [5, 5.41) is 192. The highest BCUT2D eigenvalue weighted by Gasteiger charge is 2.37. The fraction of sp³-hybridized carbons (Fsp3) is 0.600. The third kappa shape index (κ3) is 34.4. The van der Waals surface area contributed by atoms with Crippen molar-refractivity contribution < 1.29 is 154 Å². The Bertz CT molecular complexity index is 3800. The van der Waals surface area contributed by atoms with Crippen LogP contribution in [0.5, 0.6) is 0 Å². The average Bonchev–Trinajstić information content (AvgIpc) is 0.810. The molecule has 0 unspecified atom stereocenters. The van der Waals surface area contributed by atoms with Gasteiger partial charge in [0.15, 0.2) is 11.2 Å². The first-order valence-corrected chi connectivity index (χ1v) is 35.8. The molecule has 0 fully saturated rings. The van der Waals surface area contributed by atoms with Gasteiger partial charge in [-0.05, 0) is 75.6 Å². The molecule has 636 valence electrons. The van der Waals surface area contributed by atoms with Gasteiger partial charge in [-0.1, -0.05) is 0 Å². The van der Waals surface area contributed by atoms with E-state index in [4.69, 9.17) is 10.8 Å². The number of aromatic amines is 1. The van der Waals surface area contributed by atoms with Crippen molar-refractivity contribution in [1.82, 2.24) is 73.1 Å². The van der Waals surface area contributed by atoms with Gasteiger partial charge in [0.25, 0.3) is 11.5 Å². The quantitative estimate of drug-likeness (QED) is 0.0233. The molecule has 0 spiro atoms. The van der Waals surface area contributed by atoms with Crippen LogP contribution in [0.3, 0.4) is 0 Å². The minimum Gasteiger partial charge on any atom is -0.481 e. The Labute approximate surface area is 651 Å². The zero-order valence-electron chi connectivity index (χ0n) is 60.9. The van der Waals surface area contributed by atoms with Crippen molar-refractivity contribution in [2.24, 2.45) is 0 Å². The smallest absolute Gasteiger partial charge is 0.327 e. The van der Waals surface area contributed by atoms with E-state index in [0.717, 1.165) is 0 Å². The summed E-state index contributed by atoms with van der Waals surface area (Å²) in [6.45, 7) is -4.73. The van der Waals surface area contributed by atoms with E-state index in [1.165, 1.54) is 30.5 Å². The Morgan fingerprint density at radius 3 is 1.22 bits per heavy atom. The van der Waals surface area contributed by atoms with Crippen LogP contribution in [0.25, 0.3) is 11.2 Å². The van der Waals surface area contributed by atoms with Crippen molar-refractivity contribution in [2.75, 3.05) is 56.3 Å². The number of thiol groups is 1. The number of benzene rings is 1. The molecule has 10 amide bonds. The Morgan fingerprint density at radius 1 is 0.430 bits per heavy atom. The number of carbonyl (C=O) groups excluding carboxylic acids is 10. The molecule has 2 aromatic heterocycles. The SMILES string of the molecule is Nc1nc2ncc(CNc3ccc(C(=O)N[C@@H](CCC(=O)N[C@@H](CCC(=O)NC[C@H](O)[C@@H](O)[C@H](O)[C@H](O)CO)C(=O)N[C@@H](CCC(=O)O)C(=O)N[C@@H](CCC(=O)NCC[C@@H](O)[C@H](O)[C@H](O)CO)C(=O)N[C@@H](CCC(=O)O)C(=O)N[C@@H](CCC(=O)NCC[C@@H](O)[C@H](O)[C@H](O)CO)C(=O)N[C@@H](CS)C(=O)O)C(=O)O)cc3)nc2c(=O)[nH]1. The van der Waals surface area contributed by atoms with Crippen molar-refractivity contribution in [1.29, 1.82) is 0 Å². The fourth-order valence-corrected chi connectivity index (χ4v) is 10.5. The van der Waals surface area contributed by atoms with Gasteiger partial charge in [-0.15, -0.1) is 0 Å². The summed E-state index contributed by atoms with van der Waals surface area (Å²) in [7, 11) is 0. The highest BCUT2D eigenvalue weighted by molar-refractivity contribution is 7.80. The predicted octanol–water partition coefficient (Wildman–Crippen LogP) is -12.4. The topological polar surface area (TPSA) is 813 Å². The van der Waals surface area contributed by atoms with Crippen LogP contribution in [0.2, 0.25) is 0 Å². The van der Waals surface area contributed by atoms with Crippen molar-refractivity contribution in [3.05, 3.63) is 52.1 Å². The van der Waals surface area contributed by atoms with Crippen LogP contribution in [0, 0.1) is 0 Å². The summed E-state index contributed by atoms with van der Waals surface area (Å²) in [4.78, 5) is 214. The summed E-state index contributed by atoms with van der Waals surface area (Å²) in [6.07, 6.45) is -28.8. The van der Waals surface area contributed by atoms with E-state index in [-0.39, 0.29) is 29.2 Å². The summed E-state index contributed by atoms with van der Waals surface area (Å²) in [5.41, 5.74) is 5.41. The van der Waals surface area contributed by atoms with Gasteiger partial charge in [-0.25, -0.2) is 19.6 Å². The number of aromatic nitrogens is 4. The maximum Gasteiger partial charge on any atom is 0.327 e. The highest BCUT2D eigenvalue weighted by atomic mass is 32.1. The number of nitrogens with one attached hydrogen (secondary N) is 12. The summed E-state index contributed by atoms with van der Waals surface area (Å²) in [6, 6.07) is -8.55. The van der Waals surface area contributed by atoms with Gasteiger partial charge in [-0.3, -0.25) is 67.3 Å². The lowest BCUT2D eigenvalue weighted by Crippen LogP contribution is -2.59. The van der Waals surface area contributed by atoms with Gasteiger partial charge in [0.1, 0.15) is 85.0 Å². The number of H-pyrrole nitrogens is 1. The van der Waals surface area contributed by atoms with Crippen molar-refractivity contribution >= 4 is 118 Å². The predicted molar refractivity (Wildman–Crippen MR) is 388 cm³/mol. The molecule has 0 aliphatic carbocycles. The monoisotopic (exact) mass is 1650 g/mol. The number of carbonyl (C=O) groups is 14. The third-order valence-electron chi connectivity index (χ3n) is 16.9. The van der Waals surface area contributed by atoms with E-state index in [9.17, 15) is 154 Å². The van der Waals surface area contributed by atoms with Gasteiger partial charge in [0, 0.05) is 75.2 Å². The number of nitrogen functional groups attached to an aromatic ring is 1. The number of fused-ring (bicyclic) bond motifs is 1. The molecule has 0 bridgehead atoms. The van der Waals surface area contributed by atoms with Crippen LogP contribution in [-0.4, -0.2) is 338 Å². The first-order valence-electron chi connectivity index (χ1n) is 35.1. The second kappa shape index (κ2) is 49.8. The minimum atomic E-state index is -2.18. The summed E-state index contributed by atoms with van der Waals surface area (Å²) >= 11 is 3.89. The number of hydrogen-bond donors (Lipinski definition) is 31. The number of aliphatic hydroxyl groups excluding tert-OH is 13. The molecule has 114 heavy (non-hydrogen) atoms. The number of rotatable bonds is 55. The summed E-state index contributed by atoms with van der Waals surface area (Å²) in [5.74, 6) is -19.6. The molecule has 0 aliphatic heterocycles. The van der Waals surface area contributed by atoms with Crippen LogP contribution in [0.15, 0.2) is 35.3 Å². The van der Waals surface area contributed by atoms with Crippen LogP contribution in [-0.2, 0) is 68.9 Å². The molecule has 3 rings (SSSR count). The molecular formula is C65H98N16O32S. The zero-order valence-corrected chi connectivity index (χ0v) is 61.7. The number of anilines is 2. The standard InChI is InChI=1S/C65H98N16O32S/c66-65-80-55-50(62(109)81-65)72-30(22-71-55)21-69-29-3-1-28(2-4-29)56(103)78-36(63(110)111)8-14-47(94)73-31(5-13-46(93)70-23-40(87)53(101)54(102)43(90)26-84)57(104)76-34(9-15-48(95)96)59(106)74-32(6-11-44(91)67-19-17-38(85)51(99)41(88)24-82)58(105)77-35(10-16-49(97)98)60(107)75-33(61(108)79-37(27-114)64(112)113)7-12-45(92)68-20-18-39(86)52(100)42(89)25-83/h1-4,22,31-43,51-54,69,82-90,99-102,114H,5-21,23-27H2,(H,67,91)(H,68,92)(H,70,93)(H,73,94)(H,74,106)(H,75,107)(H,76,104)(H,77,105)(H,78,103)(H,79,108)(H,95,96)(H,97,98)(H,110,111)(H,112,113)(H3,66,71,80,81,109)/t31-,32-,33-,34-,35-,36-,37-,38+,39+,40-,41+,42+,43+,51-,52-,53+,54+/m0/s1. The molecule has 3 aromatic rings. The van der Waals surface area contributed by atoms with Crippen LogP contribution in [0.1, 0.15) is 106 Å². The maximum absolute atomic E-state index is 14.6. The van der Waals surface area contributed by atoms with E-state index in [1.807, 2.05) is 0 Å². The normalized spacial score (nSPS) is 15.8. The van der Waals surface area contributed by atoms with Crippen LogP contribution >= 0.6 is 12.6 Å². The van der Waals surface area contributed by atoms with Gasteiger partial charge in [0.2, 0.25) is 59.1 Å². The number of carboxylic acids is 4. The molecular weight excluding hydrogens is 1550 g/mol. The molecule has 0 saturated carbocycles. The van der Waals surface area contributed by atoms with E-state index < -0.39 is 327 Å². The highest BCUT2D eigenvalue weighted by Crippen LogP contribution is 2.16. The number of amides is 10. The largest absolute Gasteiger partial charge is 0.481 e. The van der Waals surface area contributed by atoms with Gasteiger partial charge < -0.3 is 151 Å². The molecule has 1 aromatic carbocycles. The molecule has 17 atom stereocenters. The zero-order chi connectivity index (χ0) is 85.6. The lowest BCUT2D eigenvalue weighted by atomic mass is 10.0. The third-order valence-corrected chi connectivity index (χ3v) is 17.3. The summed E-state index contributed by atoms with van der Waals surface area (Å²) < 4.78 is 0. The first kappa shape index (κ1) is 97.6. The molecule has 49 heteroatoms. The minimum absolute atomic E-state index is 0.0103. The van der Waals surface area contributed by atoms with E-state index in [2.05, 4.69) is 91.0 Å². The Hall–Kier alpha value is -10.5. The van der Waals surface area contributed by atoms with Crippen LogP contribution in [0.4, 0.5) is 11.6 Å². The molecule has 0 saturated heterocycles. The number of nitrogens with two attached hydrogens (primary N) is 1. The van der Waals surface area contributed by atoms with Gasteiger partial charge >= 0.3 is 23.9 Å². The second-order valence-electron chi connectivity index (χ2n) is 25.7. The average molecular weight is 1650 g/mol. The second-order valence-corrected chi connectivity index (χ2v) is 26.1. The number of carboxylic acid groups (broad SMARTS) is 4. The fourth-order valence-electron chi connectivity index (χ4n) is 10.2. The van der Waals surface area contributed by atoms with E-state index >= 15 is 0 Å². The number of hydrogen-bond acceptors (Lipinski definition) is 34. The Morgan fingerprint density at radius 2 is 0.807 bits per heavy atom. The molecule has 0 radical (unpaired) electrons. The van der Waals surface area contributed by atoms with E-state index in [0.29, 0.717) is 11.4 Å². The number of aliphatic hydroxyl groups is 13. The van der Waals surface area contributed by atoms with Gasteiger partial charge in [0.05, 0.1) is 56.6 Å². The van der Waals surface area contributed by atoms with Gasteiger partial charge in [-0.2, -0.15) is 17.6 Å². The van der Waals surface area contributed by atoms with Crippen molar-refractivity contribution in [2.45, 2.75) is 200 Å². The molecule has 0 aliphatic rings. The van der Waals surface area contributed by atoms with Crippen LogP contribution < -0.4 is 69.8 Å². The number of aliphatic carboxylic acids is 4. The molecule has 48 nitrogen and oxygen atoms in total.